The number of rotatable bonds is 5. The van der Waals surface area contributed by atoms with Crippen molar-refractivity contribution >= 4 is 37.3 Å². The average Bonchev–Trinajstić information content (AvgIpc) is 3.22. The molecule has 0 unspecified atom stereocenters. The molecule has 0 aliphatic heterocycles. The molecule has 0 bridgehead atoms. The predicted molar refractivity (Wildman–Crippen MR) is 104 cm³/mol. The summed E-state index contributed by atoms with van der Waals surface area (Å²) < 4.78 is 33.0. The largest absolute Gasteiger partial charge is 0.338 e. The molecule has 6 nitrogen and oxygen atoms in total. The second kappa shape index (κ2) is 7.22. The van der Waals surface area contributed by atoms with Gasteiger partial charge in [0.15, 0.2) is 0 Å². The molecule has 0 saturated heterocycles. The van der Waals surface area contributed by atoms with Crippen LogP contribution in [0.4, 0.5) is 0 Å². The molecule has 0 spiro atoms. The van der Waals surface area contributed by atoms with Gasteiger partial charge in [0.25, 0.3) is 10.0 Å². The normalized spacial score (nSPS) is 12.5. The fourth-order valence-electron chi connectivity index (χ4n) is 2.23. The van der Waals surface area contributed by atoms with Crippen molar-refractivity contribution in [2.24, 2.45) is 0 Å². The number of sulfonamides is 1. The molecule has 3 aromatic rings. The summed E-state index contributed by atoms with van der Waals surface area (Å²) in [5.41, 5.74) is 2.09. The first-order valence-electron chi connectivity index (χ1n) is 7.84. The second-order valence-electron chi connectivity index (χ2n) is 6.72. The van der Waals surface area contributed by atoms with Crippen molar-refractivity contribution in [1.82, 2.24) is 14.9 Å². The lowest BCUT2D eigenvalue weighted by Gasteiger charge is -2.18. The van der Waals surface area contributed by atoms with Crippen molar-refractivity contribution in [2.75, 3.05) is 0 Å². The van der Waals surface area contributed by atoms with Gasteiger partial charge in [0.1, 0.15) is 4.21 Å². The highest BCUT2D eigenvalue weighted by Crippen LogP contribution is 2.26. The van der Waals surface area contributed by atoms with Crippen molar-refractivity contribution in [3.05, 3.63) is 51.6 Å². The maximum absolute atomic E-state index is 12.2. The Kier molecular flexibility index (Phi) is 5.34. The van der Waals surface area contributed by atoms with Gasteiger partial charge in [-0.3, -0.25) is 0 Å². The summed E-state index contributed by atoms with van der Waals surface area (Å²) in [6, 6.07) is 11.1. The number of halogens is 1. The van der Waals surface area contributed by atoms with Crippen LogP contribution >= 0.6 is 27.3 Å². The predicted octanol–water partition coefficient (Wildman–Crippen LogP) is 4.34. The Labute approximate surface area is 164 Å². The van der Waals surface area contributed by atoms with Crippen LogP contribution in [0.25, 0.3) is 11.4 Å². The van der Waals surface area contributed by atoms with E-state index < -0.39 is 10.0 Å². The summed E-state index contributed by atoms with van der Waals surface area (Å²) in [6.07, 6.45) is 0. The summed E-state index contributed by atoms with van der Waals surface area (Å²) >= 11 is 4.39. The van der Waals surface area contributed by atoms with Crippen LogP contribution in [0.15, 0.2) is 48.9 Å². The highest BCUT2D eigenvalue weighted by Gasteiger charge is 2.19. The third kappa shape index (κ3) is 4.40. The molecule has 0 atom stereocenters. The van der Waals surface area contributed by atoms with E-state index >= 15 is 0 Å². The topological polar surface area (TPSA) is 85.1 Å². The molecular formula is C17H18BrN3O3S2. The third-order valence-corrected chi connectivity index (χ3v) is 7.22. The van der Waals surface area contributed by atoms with E-state index in [9.17, 15) is 8.42 Å². The molecule has 0 saturated carbocycles. The third-order valence-electron chi connectivity index (χ3n) is 3.70. The molecule has 0 radical (unpaired) electrons. The molecule has 0 aliphatic rings. The van der Waals surface area contributed by atoms with Gasteiger partial charge in [-0.15, -0.1) is 11.3 Å². The van der Waals surface area contributed by atoms with E-state index in [0.29, 0.717) is 5.82 Å². The first-order valence-corrected chi connectivity index (χ1v) is 10.9. The summed E-state index contributed by atoms with van der Waals surface area (Å²) in [7, 11) is -3.60. The molecule has 26 heavy (non-hydrogen) atoms. The van der Waals surface area contributed by atoms with Crippen LogP contribution in [0.5, 0.6) is 0 Å². The first kappa shape index (κ1) is 19.2. The van der Waals surface area contributed by atoms with Gasteiger partial charge in [-0.25, -0.2) is 13.1 Å². The Bertz CT molecular complexity index is 1000. The lowest BCUT2D eigenvalue weighted by molar-refractivity contribution is 0.376. The zero-order valence-electron chi connectivity index (χ0n) is 14.5. The Balaban J connectivity index is 1.70. The van der Waals surface area contributed by atoms with Crippen molar-refractivity contribution < 1.29 is 12.9 Å². The summed E-state index contributed by atoms with van der Waals surface area (Å²) in [5, 5.41) is 3.93. The monoisotopic (exact) mass is 455 g/mol. The molecule has 2 heterocycles. The highest BCUT2D eigenvalue weighted by atomic mass is 79.9. The number of benzene rings is 1. The fraction of sp³-hybridized carbons (Fsp3) is 0.294. The maximum atomic E-state index is 12.2. The van der Waals surface area contributed by atoms with Crippen LogP contribution in [-0.4, -0.2) is 18.6 Å². The van der Waals surface area contributed by atoms with E-state index in [1.165, 1.54) is 11.6 Å². The van der Waals surface area contributed by atoms with Crippen LogP contribution in [0, 0.1) is 0 Å². The minimum Gasteiger partial charge on any atom is -0.338 e. The lowest BCUT2D eigenvalue weighted by atomic mass is 9.87. The van der Waals surface area contributed by atoms with E-state index in [4.69, 9.17) is 4.52 Å². The van der Waals surface area contributed by atoms with Crippen LogP contribution in [0.1, 0.15) is 32.2 Å². The maximum Gasteiger partial charge on any atom is 0.250 e. The number of hydrogen-bond donors (Lipinski definition) is 1. The van der Waals surface area contributed by atoms with Gasteiger partial charge in [-0.2, -0.15) is 4.98 Å². The molecule has 0 aliphatic carbocycles. The average molecular weight is 456 g/mol. The van der Waals surface area contributed by atoms with E-state index in [1.807, 2.05) is 24.3 Å². The molecule has 0 fully saturated rings. The van der Waals surface area contributed by atoms with Gasteiger partial charge < -0.3 is 4.52 Å². The van der Waals surface area contributed by atoms with Crippen LogP contribution < -0.4 is 4.72 Å². The van der Waals surface area contributed by atoms with Crippen LogP contribution in [0.3, 0.4) is 0 Å². The van der Waals surface area contributed by atoms with Gasteiger partial charge in [-0.1, -0.05) is 50.2 Å². The lowest BCUT2D eigenvalue weighted by Crippen LogP contribution is -2.22. The van der Waals surface area contributed by atoms with Crippen molar-refractivity contribution in [1.29, 1.82) is 0 Å². The Hall–Kier alpha value is -1.55. The van der Waals surface area contributed by atoms with Gasteiger partial charge in [-0.05, 0) is 39.0 Å². The Morgan fingerprint density at radius 2 is 1.85 bits per heavy atom. The molecule has 3 rings (SSSR count). The van der Waals surface area contributed by atoms with Gasteiger partial charge in [0.05, 0.1) is 10.3 Å². The first-order chi connectivity index (χ1) is 12.1. The highest BCUT2D eigenvalue weighted by molar-refractivity contribution is 9.11. The van der Waals surface area contributed by atoms with E-state index in [0.717, 1.165) is 20.7 Å². The zero-order chi connectivity index (χ0) is 18.9. The molecule has 138 valence electrons. The molecular weight excluding hydrogens is 438 g/mol. The molecule has 1 N–H and O–H groups in total. The van der Waals surface area contributed by atoms with E-state index in [2.05, 4.69) is 51.6 Å². The second-order valence-corrected chi connectivity index (χ2v) is 11.2. The number of aromatic nitrogens is 2. The summed E-state index contributed by atoms with van der Waals surface area (Å²) in [5.74, 6) is 0.637. The Morgan fingerprint density at radius 3 is 2.42 bits per heavy atom. The minimum atomic E-state index is -3.60. The Morgan fingerprint density at radius 1 is 1.15 bits per heavy atom. The fourth-order valence-corrected chi connectivity index (χ4v) is 5.26. The van der Waals surface area contributed by atoms with Gasteiger partial charge >= 0.3 is 0 Å². The molecule has 1 aromatic carbocycles. The SMILES string of the molecule is CC(C)(C)c1ccc(-c2noc(CNS(=O)(=O)c3ccc(Br)s3)n2)cc1. The van der Waals surface area contributed by atoms with Crippen molar-refractivity contribution in [3.63, 3.8) is 0 Å². The molecule has 0 amide bonds. The van der Waals surface area contributed by atoms with Crippen molar-refractivity contribution in [3.8, 4) is 11.4 Å². The van der Waals surface area contributed by atoms with Gasteiger partial charge in [0, 0.05) is 5.56 Å². The number of nitrogens with zero attached hydrogens (tertiary/aromatic N) is 2. The number of thiophene rings is 1. The summed E-state index contributed by atoms with van der Waals surface area (Å²) in [4.78, 5) is 4.26. The van der Waals surface area contributed by atoms with Crippen LogP contribution in [0.2, 0.25) is 0 Å². The van der Waals surface area contributed by atoms with E-state index in [1.54, 1.807) is 6.07 Å². The number of hydrogen-bond acceptors (Lipinski definition) is 6. The molecule has 2 aromatic heterocycles. The molecule has 9 heteroatoms. The minimum absolute atomic E-state index is 0.0646. The van der Waals surface area contributed by atoms with E-state index in [-0.39, 0.29) is 22.1 Å². The van der Waals surface area contributed by atoms with Gasteiger partial charge in [0.2, 0.25) is 11.7 Å². The zero-order valence-corrected chi connectivity index (χ0v) is 17.7. The standard InChI is InChI=1S/C17H18BrN3O3S2/c1-17(2,3)12-6-4-11(5-7-12)16-20-14(24-21-16)10-19-26(22,23)15-9-8-13(18)25-15/h4-9,19H,10H2,1-3H3. The summed E-state index contributed by atoms with van der Waals surface area (Å²) in [6.45, 7) is 6.37. The van der Waals surface area contributed by atoms with Crippen LogP contribution in [-0.2, 0) is 22.0 Å². The number of nitrogens with one attached hydrogen (secondary N) is 1. The van der Waals surface area contributed by atoms with Crippen molar-refractivity contribution in [2.45, 2.75) is 36.9 Å². The smallest absolute Gasteiger partial charge is 0.250 e. The quantitative estimate of drug-likeness (QED) is 0.618.